The van der Waals surface area contributed by atoms with Crippen LogP contribution in [0.25, 0.3) is 11.1 Å². The molecule has 0 saturated carbocycles. The Morgan fingerprint density at radius 1 is 1.00 bits per heavy atom. The molecular formula is C30H35Cl3N2O5. The molecule has 0 aromatic heterocycles. The lowest BCUT2D eigenvalue weighted by atomic mass is 9.98. The van der Waals surface area contributed by atoms with Gasteiger partial charge < -0.3 is 19.5 Å². The van der Waals surface area contributed by atoms with E-state index in [9.17, 15) is 9.59 Å². The highest BCUT2D eigenvalue weighted by molar-refractivity contribution is 6.76. The number of ketones is 1. The number of halogens is 3. The number of carbonyl (C=O) groups excluding carboxylic acids is 2. The summed E-state index contributed by atoms with van der Waals surface area (Å²) in [5.74, 6) is 1.87. The predicted octanol–water partition coefficient (Wildman–Crippen LogP) is 7.06. The van der Waals surface area contributed by atoms with E-state index in [0.717, 1.165) is 22.3 Å². The van der Waals surface area contributed by atoms with E-state index in [1.807, 2.05) is 24.3 Å². The van der Waals surface area contributed by atoms with Crippen molar-refractivity contribution in [3.05, 3.63) is 59.7 Å². The second-order valence-electron chi connectivity index (χ2n) is 10.6. The van der Waals surface area contributed by atoms with Crippen molar-refractivity contribution in [2.45, 2.75) is 68.5 Å². The molecule has 3 rings (SSSR count). The zero-order chi connectivity index (χ0) is 30.3. The number of hydrogen-bond donors (Lipinski definition) is 2. The van der Waals surface area contributed by atoms with Gasteiger partial charge in [0.25, 0.3) is 3.79 Å². The van der Waals surface area contributed by atoms with Crippen molar-refractivity contribution in [3.8, 4) is 23.5 Å². The fourth-order valence-corrected chi connectivity index (χ4v) is 3.86. The maximum absolute atomic E-state index is 12.4. The number of alkyl halides is 3. The Labute approximate surface area is 251 Å². The van der Waals surface area contributed by atoms with Crippen molar-refractivity contribution in [1.82, 2.24) is 5.32 Å². The van der Waals surface area contributed by atoms with Crippen LogP contribution < -0.4 is 5.32 Å². The number of amides is 1. The average molecular weight is 610 g/mol. The molecule has 0 saturated heterocycles. The lowest BCUT2D eigenvalue weighted by molar-refractivity contribution is -0.121. The van der Waals surface area contributed by atoms with Gasteiger partial charge in [0.15, 0.2) is 5.78 Å². The third-order valence-electron chi connectivity index (χ3n) is 5.75. The van der Waals surface area contributed by atoms with Gasteiger partial charge in [-0.3, -0.25) is 10.2 Å². The highest BCUT2D eigenvalue weighted by Gasteiger charge is 2.32. The summed E-state index contributed by atoms with van der Waals surface area (Å²) in [5.41, 5.74) is 3.25. The molecule has 0 unspecified atom stereocenters. The van der Waals surface area contributed by atoms with Crippen LogP contribution in [0, 0.1) is 17.8 Å². The van der Waals surface area contributed by atoms with Gasteiger partial charge in [0, 0.05) is 5.92 Å². The standard InChI is InChI=1S/C24H25NO4.C6H10Cl3NO/c1-5-24(3,4)29-15-22(16(2)26)25-23(27)28-14-21-19-12-8-6-10-17(19)18-11-7-9-13-20(18)21;1-5(2,3)11-4(10)6(7,8)9/h1,6-13,21-22H,14-15H2,2-4H3,(H,25,27);10H,1-3H3/t22-;/m0./s1. The van der Waals surface area contributed by atoms with Gasteiger partial charge in [0.1, 0.15) is 23.9 Å². The highest BCUT2D eigenvalue weighted by atomic mass is 35.6. The van der Waals surface area contributed by atoms with Gasteiger partial charge in [-0.25, -0.2) is 4.79 Å². The topological polar surface area (TPSA) is 97.7 Å². The number of alkyl carbamates (subject to hydrolysis) is 1. The Kier molecular flexibility index (Phi) is 11.5. The van der Waals surface area contributed by atoms with Crippen LogP contribution in [-0.4, -0.2) is 52.0 Å². The third kappa shape index (κ3) is 10.0. The number of nitrogens with one attached hydrogen (secondary N) is 2. The van der Waals surface area contributed by atoms with Crippen LogP contribution in [0.15, 0.2) is 48.5 Å². The van der Waals surface area contributed by atoms with Crippen LogP contribution in [0.5, 0.6) is 0 Å². The molecule has 2 aromatic carbocycles. The van der Waals surface area contributed by atoms with Gasteiger partial charge in [-0.2, -0.15) is 0 Å². The molecule has 0 heterocycles. The monoisotopic (exact) mass is 608 g/mol. The summed E-state index contributed by atoms with van der Waals surface area (Å²) in [4.78, 5) is 24.2. The van der Waals surface area contributed by atoms with Gasteiger partial charge in [0.05, 0.1) is 6.61 Å². The Morgan fingerprint density at radius 3 is 1.90 bits per heavy atom. The third-order valence-corrected chi connectivity index (χ3v) is 6.27. The average Bonchev–Trinajstić information content (AvgIpc) is 3.17. The molecule has 2 N–H and O–H groups in total. The first-order valence-electron chi connectivity index (χ1n) is 12.5. The largest absolute Gasteiger partial charge is 0.472 e. The van der Waals surface area contributed by atoms with Gasteiger partial charge in [-0.1, -0.05) is 89.3 Å². The van der Waals surface area contributed by atoms with Crippen LogP contribution in [0.3, 0.4) is 0 Å². The molecule has 0 bridgehead atoms. The summed E-state index contributed by atoms with van der Waals surface area (Å²) < 4.78 is 14.3. The van der Waals surface area contributed by atoms with Crippen LogP contribution in [-0.2, 0) is 19.0 Å². The molecule has 216 valence electrons. The molecule has 2 aromatic rings. The second-order valence-corrected chi connectivity index (χ2v) is 12.9. The molecule has 1 aliphatic rings. The van der Waals surface area contributed by atoms with E-state index in [4.69, 9.17) is 60.8 Å². The molecule has 0 fully saturated rings. The van der Waals surface area contributed by atoms with E-state index in [1.165, 1.54) is 6.92 Å². The smallest absolute Gasteiger partial charge is 0.407 e. The summed E-state index contributed by atoms with van der Waals surface area (Å²) in [6.07, 6.45) is 4.74. The molecule has 40 heavy (non-hydrogen) atoms. The first kappa shape index (κ1) is 33.4. The van der Waals surface area contributed by atoms with E-state index < -0.39 is 27.1 Å². The Hall–Kier alpha value is -2.76. The van der Waals surface area contributed by atoms with Gasteiger partial charge in [0.2, 0.25) is 5.90 Å². The van der Waals surface area contributed by atoms with E-state index in [2.05, 4.69) is 35.5 Å². The van der Waals surface area contributed by atoms with Crippen molar-refractivity contribution >= 4 is 52.6 Å². The van der Waals surface area contributed by atoms with Crippen molar-refractivity contribution in [3.63, 3.8) is 0 Å². The molecule has 1 atom stereocenters. The fourth-order valence-electron chi connectivity index (χ4n) is 3.74. The molecule has 1 amide bonds. The summed E-state index contributed by atoms with van der Waals surface area (Å²) in [6, 6.07) is 15.4. The number of benzene rings is 2. The molecule has 0 aliphatic heterocycles. The normalized spacial score (nSPS) is 13.5. The molecule has 10 heteroatoms. The highest BCUT2D eigenvalue weighted by Crippen LogP contribution is 2.44. The summed E-state index contributed by atoms with van der Waals surface area (Å²) in [6.45, 7) is 10.3. The lowest BCUT2D eigenvalue weighted by Gasteiger charge is -2.24. The van der Waals surface area contributed by atoms with Crippen LogP contribution in [0.2, 0.25) is 0 Å². The maximum atomic E-state index is 12.4. The minimum Gasteiger partial charge on any atom is -0.472 e. The number of terminal acetylenes is 1. The first-order chi connectivity index (χ1) is 18.4. The zero-order valence-electron chi connectivity index (χ0n) is 23.4. The van der Waals surface area contributed by atoms with Crippen LogP contribution in [0.1, 0.15) is 58.6 Å². The number of Topliss-reactive ketones (excluding diaryl/α,β-unsaturated/α-hetero) is 1. The lowest BCUT2D eigenvalue weighted by Crippen LogP contribution is -2.45. The molecule has 1 aliphatic carbocycles. The molecular weight excluding hydrogens is 575 g/mol. The van der Waals surface area contributed by atoms with Crippen molar-refractivity contribution < 1.29 is 23.8 Å². The number of hydrogen-bond acceptors (Lipinski definition) is 6. The van der Waals surface area contributed by atoms with E-state index in [-0.39, 0.29) is 30.8 Å². The first-order valence-corrected chi connectivity index (χ1v) is 13.7. The van der Waals surface area contributed by atoms with Crippen LogP contribution in [0.4, 0.5) is 4.79 Å². The zero-order valence-corrected chi connectivity index (χ0v) is 25.7. The van der Waals surface area contributed by atoms with Gasteiger partial charge in [-0.15, -0.1) is 6.42 Å². The minimum absolute atomic E-state index is 0.0171. The summed E-state index contributed by atoms with van der Waals surface area (Å²) in [5, 5.41) is 9.76. The quantitative estimate of drug-likeness (QED) is 0.152. The molecule has 0 radical (unpaired) electrons. The van der Waals surface area contributed by atoms with Crippen molar-refractivity contribution in [2.24, 2.45) is 0 Å². The Bertz CT molecular complexity index is 1210. The molecule has 7 nitrogen and oxygen atoms in total. The van der Waals surface area contributed by atoms with Crippen LogP contribution >= 0.6 is 34.8 Å². The number of fused-ring (bicyclic) bond motifs is 3. The predicted molar refractivity (Wildman–Crippen MR) is 160 cm³/mol. The van der Waals surface area contributed by atoms with Gasteiger partial charge >= 0.3 is 6.09 Å². The summed E-state index contributed by atoms with van der Waals surface area (Å²) >= 11 is 16.1. The van der Waals surface area contributed by atoms with E-state index in [0.29, 0.717) is 0 Å². The van der Waals surface area contributed by atoms with E-state index >= 15 is 0 Å². The summed E-state index contributed by atoms with van der Waals surface area (Å²) in [7, 11) is 0. The SMILES string of the molecule is C#CC(C)(C)OC[C@H](NC(=O)OCC1c2ccccc2-c2ccccc21)C(C)=O.CC(C)(C)OC(=N)C(Cl)(Cl)Cl. The van der Waals surface area contributed by atoms with E-state index in [1.54, 1.807) is 34.6 Å². The fraction of sp³-hybridized carbons (Fsp3) is 0.433. The van der Waals surface area contributed by atoms with Crippen molar-refractivity contribution in [2.75, 3.05) is 13.2 Å². The number of rotatable bonds is 7. The van der Waals surface area contributed by atoms with Gasteiger partial charge in [-0.05, 0) is 63.8 Å². The molecule has 0 spiro atoms. The number of carbonyl (C=O) groups is 2. The Morgan fingerprint density at radius 2 is 1.50 bits per heavy atom. The maximum Gasteiger partial charge on any atom is 0.407 e. The minimum atomic E-state index is -1.76. The Balaban J connectivity index is 0.000000432. The number of ether oxygens (including phenoxy) is 3. The second kappa shape index (κ2) is 13.7. The van der Waals surface area contributed by atoms with Crippen molar-refractivity contribution in [1.29, 1.82) is 5.41 Å².